The van der Waals surface area contributed by atoms with Crippen molar-refractivity contribution in [1.82, 2.24) is 4.90 Å². The quantitative estimate of drug-likeness (QED) is 0.450. The van der Waals surface area contributed by atoms with Crippen molar-refractivity contribution in [2.24, 2.45) is 11.8 Å². The number of ether oxygens (including phenoxy) is 2. The molecular formula is C18H21NO4S. The first-order valence-corrected chi connectivity index (χ1v) is 9.37. The maximum absolute atomic E-state index is 13.0. The number of hydrogen-bond acceptors (Lipinski definition) is 5. The van der Waals surface area contributed by atoms with Gasteiger partial charge >= 0.3 is 5.97 Å². The average Bonchev–Trinajstić information content (AvgIpc) is 3.31. The number of carbonyl (C=O) groups is 2. The summed E-state index contributed by atoms with van der Waals surface area (Å²) < 4.78 is 11.5. The molecule has 3 aliphatic heterocycles. The molecule has 0 aromatic carbocycles. The van der Waals surface area contributed by atoms with Crippen molar-refractivity contribution in [3.05, 3.63) is 34.5 Å². The molecule has 1 aromatic rings. The van der Waals surface area contributed by atoms with Crippen LogP contribution in [0.3, 0.4) is 0 Å². The number of rotatable bonds is 6. The summed E-state index contributed by atoms with van der Waals surface area (Å²) in [5.41, 5.74) is -0.645. The maximum atomic E-state index is 13.0. The number of unbranched alkanes of at least 4 members (excludes halogenated alkanes) is 1. The highest BCUT2D eigenvalue weighted by atomic mass is 32.1. The lowest BCUT2D eigenvalue weighted by atomic mass is 9.77. The highest BCUT2D eigenvalue weighted by Crippen LogP contribution is 2.52. The lowest BCUT2D eigenvalue weighted by molar-refractivity contribution is -0.154. The molecule has 128 valence electrons. The van der Waals surface area contributed by atoms with Crippen molar-refractivity contribution >= 4 is 23.2 Å². The molecule has 0 radical (unpaired) electrons. The van der Waals surface area contributed by atoms with Crippen LogP contribution >= 0.6 is 11.3 Å². The molecule has 1 spiro atoms. The number of fused-ring (bicyclic) bond motifs is 1. The Labute approximate surface area is 145 Å². The van der Waals surface area contributed by atoms with Gasteiger partial charge in [0.2, 0.25) is 5.91 Å². The third-order valence-corrected chi connectivity index (χ3v) is 5.98. The van der Waals surface area contributed by atoms with Gasteiger partial charge in [-0.25, -0.2) is 0 Å². The second kappa shape index (κ2) is 6.01. The van der Waals surface area contributed by atoms with Crippen LogP contribution in [0.4, 0.5) is 0 Å². The fourth-order valence-electron chi connectivity index (χ4n) is 3.99. The van der Waals surface area contributed by atoms with Crippen LogP contribution in [-0.4, -0.2) is 41.6 Å². The Kier molecular flexibility index (Phi) is 3.96. The van der Waals surface area contributed by atoms with Gasteiger partial charge < -0.3 is 14.4 Å². The van der Waals surface area contributed by atoms with Crippen molar-refractivity contribution in [2.45, 2.75) is 38.0 Å². The minimum atomic E-state index is -0.645. The van der Waals surface area contributed by atoms with E-state index in [2.05, 4.69) is 6.92 Å². The number of amides is 1. The molecule has 0 aliphatic carbocycles. The summed E-state index contributed by atoms with van der Waals surface area (Å²) in [4.78, 5) is 28.4. The van der Waals surface area contributed by atoms with E-state index < -0.39 is 17.4 Å². The van der Waals surface area contributed by atoms with Gasteiger partial charge in [-0.2, -0.15) is 0 Å². The normalized spacial score (nSPS) is 33.3. The minimum Gasteiger partial charge on any atom is -0.465 e. The topological polar surface area (TPSA) is 55.8 Å². The van der Waals surface area contributed by atoms with E-state index in [1.54, 1.807) is 11.3 Å². The average molecular weight is 347 g/mol. The van der Waals surface area contributed by atoms with Crippen molar-refractivity contribution < 1.29 is 19.1 Å². The van der Waals surface area contributed by atoms with E-state index in [0.717, 1.165) is 17.7 Å². The molecule has 24 heavy (non-hydrogen) atoms. The zero-order valence-electron chi connectivity index (χ0n) is 13.6. The summed E-state index contributed by atoms with van der Waals surface area (Å²) in [5.74, 6) is -1.24. The number of nitrogens with zero attached hydrogens (tertiary/aromatic N) is 1. The van der Waals surface area contributed by atoms with Crippen molar-refractivity contribution in [3.63, 3.8) is 0 Å². The van der Waals surface area contributed by atoms with E-state index in [0.29, 0.717) is 19.7 Å². The first-order chi connectivity index (χ1) is 11.6. The van der Waals surface area contributed by atoms with Crippen LogP contribution in [0.5, 0.6) is 0 Å². The van der Waals surface area contributed by atoms with Crippen LogP contribution < -0.4 is 0 Å². The SMILES string of the molecule is CCCCOC(=O)[C@@H]1[C@H]2C=C[C@@]3(CN(Cc4cccs4)C(=O)[C@@H]13)O2. The minimum absolute atomic E-state index is 0.00712. The van der Waals surface area contributed by atoms with Crippen LogP contribution in [0.2, 0.25) is 0 Å². The van der Waals surface area contributed by atoms with Gasteiger partial charge in [0.1, 0.15) is 11.5 Å². The molecule has 6 heteroatoms. The molecule has 4 heterocycles. The van der Waals surface area contributed by atoms with Gasteiger partial charge in [0.25, 0.3) is 0 Å². The number of esters is 1. The molecular weight excluding hydrogens is 326 g/mol. The van der Waals surface area contributed by atoms with Gasteiger partial charge in [0.05, 0.1) is 31.7 Å². The Balaban J connectivity index is 1.52. The molecule has 2 bridgehead atoms. The predicted molar refractivity (Wildman–Crippen MR) is 89.3 cm³/mol. The van der Waals surface area contributed by atoms with E-state index in [1.165, 1.54) is 0 Å². The largest absolute Gasteiger partial charge is 0.465 e. The monoisotopic (exact) mass is 347 g/mol. The van der Waals surface area contributed by atoms with E-state index in [-0.39, 0.29) is 18.0 Å². The molecule has 4 atom stereocenters. The summed E-state index contributed by atoms with van der Waals surface area (Å²) in [5, 5.41) is 2.00. The van der Waals surface area contributed by atoms with Gasteiger partial charge in [-0.1, -0.05) is 31.6 Å². The number of likely N-dealkylation sites (tertiary alicyclic amines) is 1. The smallest absolute Gasteiger partial charge is 0.312 e. The molecule has 5 nitrogen and oxygen atoms in total. The Morgan fingerprint density at radius 2 is 2.42 bits per heavy atom. The van der Waals surface area contributed by atoms with Crippen molar-refractivity contribution in [3.8, 4) is 0 Å². The summed E-state index contributed by atoms with van der Waals surface area (Å²) in [6.45, 7) is 3.55. The maximum Gasteiger partial charge on any atom is 0.312 e. The van der Waals surface area contributed by atoms with Gasteiger partial charge in [0, 0.05) is 4.88 Å². The lowest BCUT2D eigenvalue weighted by Gasteiger charge is -2.22. The fourth-order valence-corrected chi connectivity index (χ4v) is 4.70. The van der Waals surface area contributed by atoms with E-state index in [4.69, 9.17) is 9.47 Å². The van der Waals surface area contributed by atoms with Crippen LogP contribution in [0.1, 0.15) is 24.6 Å². The molecule has 2 saturated heterocycles. The van der Waals surface area contributed by atoms with Crippen LogP contribution in [0.15, 0.2) is 29.7 Å². The molecule has 1 amide bonds. The second-order valence-electron chi connectivity index (χ2n) is 6.69. The Morgan fingerprint density at radius 1 is 1.54 bits per heavy atom. The molecule has 4 rings (SSSR count). The highest BCUT2D eigenvalue weighted by molar-refractivity contribution is 7.09. The second-order valence-corrected chi connectivity index (χ2v) is 7.73. The van der Waals surface area contributed by atoms with E-state index >= 15 is 0 Å². The van der Waals surface area contributed by atoms with E-state index in [9.17, 15) is 9.59 Å². The predicted octanol–water partition coefficient (Wildman–Crippen LogP) is 2.37. The lowest BCUT2D eigenvalue weighted by Crippen LogP contribution is -2.40. The summed E-state index contributed by atoms with van der Waals surface area (Å²) in [7, 11) is 0. The number of carbonyl (C=O) groups excluding carboxylic acids is 2. The Bertz CT molecular complexity index is 671. The first kappa shape index (κ1) is 15.8. The third-order valence-electron chi connectivity index (χ3n) is 5.12. The summed E-state index contributed by atoms with van der Waals surface area (Å²) in [6, 6.07) is 4.00. The molecule has 3 aliphatic rings. The Hall–Kier alpha value is -1.66. The van der Waals surface area contributed by atoms with Crippen LogP contribution in [0, 0.1) is 11.8 Å². The fraction of sp³-hybridized carbons (Fsp3) is 0.556. The van der Waals surface area contributed by atoms with Gasteiger partial charge in [0.15, 0.2) is 0 Å². The molecule has 2 fully saturated rings. The molecule has 0 unspecified atom stereocenters. The summed E-state index contributed by atoms with van der Waals surface area (Å²) in [6.07, 6.45) is 5.39. The Morgan fingerprint density at radius 3 is 3.17 bits per heavy atom. The third kappa shape index (κ3) is 2.40. The molecule has 0 N–H and O–H groups in total. The standard InChI is InChI=1S/C18H21NO4S/c1-2-3-8-22-17(21)14-13-6-7-18(23-13)11-19(16(20)15(14)18)10-12-5-4-9-24-12/h4-7,9,13-15H,2-3,8,10-11H2,1H3/t13-,14-,15-,18+/m1/s1. The van der Waals surface area contributed by atoms with Crippen LogP contribution in [0.25, 0.3) is 0 Å². The highest BCUT2D eigenvalue weighted by Gasteiger charge is 2.67. The number of hydrogen-bond donors (Lipinski definition) is 0. The first-order valence-electron chi connectivity index (χ1n) is 8.49. The van der Waals surface area contributed by atoms with Crippen LogP contribution in [-0.2, 0) is 25.6 Å². The van der Waals surface area contributed by atoms with E-state index in [1.807, 2.05) is 34.6 Å². The van der Waals surface area contributed by atoms with Gasteiger partial charge in [-0.3, -0.25) is 9.59 Å². The zero-order chi connectivity index (χ0) is 16.7. The molecule has 1 aromatic heterocycles. The van der Waals surface area contributed by atoms with Crippen molar-refractivity contribution in [2.75, 3.05) is 13.2 Å². The van der Waals surface area contributed by atoms with Gasteiger partial charge in [-0.05, 0) is 17.9 Å². The number of thiophene rings is 1. The van der Waals surface area contributed by atoms with Gasteiger partial charge in [-0.15, -0.1) is 11.3 Å². The van der Waals surface area contributed by atoms with Crippen molar-refractivity contribution in [1.29, 1.82) is 0 Å². The molecule has 0 saturated carbocycles. The zero-order valence-corrected chi connectivity index (χ0v) is 14.5. The summed E-state index contributed by atoms with van der Waals surface area (Å²) >= 11 is 1.63.